The molecule has 0 aromatic heterocycles. The van der Waals surface area contributed by atoms with Crippen molar-refractivity contribution in [3.8, 4) is 0 Å². The van der Waals surface area contributed by atoms with Crippen molar-refractivity contribution in [3.63, 3.8) is 0 Å². The zero-order valence-electron chi connectivity index (χ0n) is 12.4. The number of hydrogen-bond donors (Lipinski definition) is 2. The summed E-state index contributed by atoms with van der Waals surface area (Å²) in [5.41, 5.74) is 2.05. The Morgan fingerprint density at radius 3 is 2.95 bits per heavy atom. The second-order valence-corrected chi connectivity index (χ2v) is 5.60. The molecule has 1 aliphatic heterocycles. The van der Waals surface area contributed by atoms with Gasteiger partial charge in [0.1, 0.15) is 0 Å². The number of aliphatic hydroxyl groups is 1. The number of hydrogen-bond acceptors (Lipinski definition) is 5. The van der Waals surface area contributed by atoms with E-state index in [0.29, 0.717) is 12.5 Å². The van der Waals surface area contributed by atoms with Crippen molar-refractivity contribution in [3.05, 3.63) is 33.9 Å². The number of nitrogens with one attached hydrogen (secondary N) is 1. The topological polar surface area (TPSA) is 78.6 Å². The maximum atomic E-state index is 11.0. The van der Waals surface area contributed by atoms with E-state index in [4.69, 9.17) is 0 Å². The van der Waals surface area contributed by atoms with E-state index in [1.165, 1.54) is 0 Å². The van der Waals surface area contributed by atoms with Crippen molar-refractivity contribution in [1.29, 1.82) is 0 Å². The molecule has 0 spiro atoms. The number of non-ortho nitro benzene ring substituents is 1. The van der Waals surface area contributed by atoms with Crippen LogP contribution < -0.4 is 5.32 Å². The number of rotatable bonds is 7. The minimum Gasteiger partial charge on any atom is -0.396 e. The summed E-state index contributed by atoms with van der Waals surface area (Å²) < 4.78 is 0. The number of anilines is 1. The summed E-state index contributed by atoms with van der Waals surface area (Å²) in [6.45, 7) is 5.62. The molecule has 6 heteroatoms. The Hall–Kier alpha value is -1.66. The molecule has 1 fully saturated rings. The normalized spacial score (nSPS) is 18.9. The second kappa shape index (κ2) is 7.38. The Morgan fingerprint density at radius 2 is 2.33 bits per heavy atom. The van der Waals surface area contributed by atoms with Gasteiger partial charge in [0.15, 0.2) is 0 Å². The molecule has 2 N–H and O–H groups in total. The van der Waals surface area contributed by atoms with Crippen LogP contribution in [-0.2, 0) is 6.54 Å². The summed E-state index contributed by atoms with van der Waals surface area (Å²) in [6, 6.07) is 5.00. The highest BCUT2D eigenvalue weighted by molar-refractivity contribution is 5.56. The maximum Gasteiger partial charge on any atom is 0.269 e. The molecule has 116 valence electrons. The summed E-state index contributed by atoms with van der Waals surface area (Å²) in [5, 5.41) is 23.5. The number of aliphatic hydroxyl groups excluding tert-OH is 1. The van der Waals surface area contributed by atoms with Crippen molar-refractivity contribution >= 4 is 11.4 Å². The first kappa shape index (κ1) is 15.7. The van der Waals surface area contributed by atoms with Crippen LogP contribution in [0.25, 0.3) is 0 Å². The molecular weight excluding hydrogens is 270 g/mol. The molecule has 1 heterocycles. The van der Waals surface area contributed by atoms with Gasteiger partial charge in [-0.2, -0.15) is 0 Å². The molecule has 21 heavy (non-hydrogen) atoms. The molecule has 0 saturated carbocycles. The average Bonchev–Trinajstić information content (AvgIpc) is 2.93. The van der Waals surface area contributed by atoms with E-state index in [-0.39, 0.29) is 17.2 Å². The van der Waals surface area contributed by atoms with Gasteiger partial charge in [0.05, 0.1) is 4.92 Å². The number of nitro groups is 1. The third kappa shape index (κ3) is 4.15. The molecule has 1 aliphatic rings. The van der Waals surface area contributed by atoms with Gasteiger partial charge in [-0.05, 0) is 36.9 Å². The van der Waals surface area contributed by atoms with E-state index in [2.05, 4.69) is 17.1 Å². The van der Waals surface area contributed by atoms with Crippen molar-refractivity contribution < 1.29 is 10.0 Å². The molecular formula is C15H23N3O3. The van der Waals surface area contributed by atoms with Crippen LogP contribution in [0.4, 0.5) is 11.4 Å². The highest BCUT2D eigenvalue weighted by atomic mass is 16.6. The molecule has 6 nitrogen and oxygen atoms in total. The van der Waals surface area contributed by atoms with Crippen LogP contribution in [0.5, 0.6) is 0 Å². The molecule has 0 amide bonds. The number of benzene rings is 1. The van der Waals surface area contributed by atoms with E-state index in [1.807, 2.05) is 0 Å². The Bertz CT molecular complexity index is 493. The van der Waals surface area contributed by atoms with Crippen LogP contribution >= 0.6 is 0 Å². The molecule has 1 aromatic rings. The molecule has 1 unspecified atom stereocenters. The minimum atomic E-state index is -0.354. The summed E-state index contributed by atoms with van der Waals surface area (Å²) in [6.07, 6.45) is 2.00. The maximum absolute atomic E-state index is 11.0. The van der Waals surface area contributed by atoms with Gasteiger partial charge in [-0.1, -0.05) is 6.92 Å². The van der Waals surface area contributed by atoms with E-state index in [1.54, 1.807) is 18.2 Å². The third-order valence-electron chi connectivity index (χ3n) is 3.89. The largest absolute Gasteiger partial charge is 0.396 e. The lowest BCUT2D eigenvalue weighted by atomic mass is 10.1. The fourth-order valence-corrected chi connectivity index (χ4v) is 2.70. The van der Waals surface area contributed by atoms with Crippen LogP contribution in [0.3, 0.4) is 0 Å². The van der Waals surface area contributed by atoms with Gasteiger partial charge < -0.3 is 10.4 Å². The monoisotopic (exact) mass is 293 g/mol. The predicted octanol–water partition coefficient (Wildman–Crippen LogP) is 2.23. The number of nitro benzene ring substituents is 1. The number of nitrogens with zero attached hydrogens (tertiary/aromatic N) is 2. The van der Waals surface area contributed by atoms with Crippen LogP contribution in [0.2, 0.25) is 0 Å². The standard InChI is InChI=1S/C15H23N3O3/c1-2-6-16-15-4-3-14(18(20)21)8-13(15)10-17-7-5-12(9-17)11-19/h3-4,8,12,16,19H,2,5-7,9-11H2,1H3. The summed E-state index contributed by atoms with van der Waals surface area (Å²) in [5.74, 6) is 0.329. The Morgan fingerprint density at radius 1 is 1.52 bits per heavy atom. The molecule has 0 radical (unpaired) electrons. The lowest BCUT2D eigenvalue weighted by molar-refractivity contribution is -0.384. The smallest absolute Gasteiger partial charge is 0.269 e. The first-order chi connectivity index (χ1) is 10.1. The lowest BCUT2D eigenvalue weighted by Crippen LogP contribution is -2.22. The van der Waals surface area contributed by atoms with Gasteiger partial charge in [0.2, 0.25) is 0 Å². The van der Waals surface area contributed by atoms with Gasteiger partial charge in [0, 0.05) is 44.1 Å². The molecule has 0 bridgehead atoms. The van der Waals surface area contributed by atoms with Crippen molar-refractivity contribution in [2.45, 2.75) is 26.3 Å². The summed E-state index contributed by atoms with van der Waals surface area (Å²) in [4.78, 5) is 12.8. The Kier molecular flexibility index (Phi) is 5.52. The lowest BCUT2D eigenvalue weighted by Gasteiger charge is -2.18. The SMILES string of the molecule is CCCNc1ccc([N+](=O)[O-])cc1CN1CCC(CO)C1. The first-order valence-corrected chi connectivity index (χ1v) is 7.48. The van der Waals surface area contributed by atoms with Crippen molar-refractivity contribution in [1.82, 2.24) is 4.90 Å². The third-order valence-corrected chi connectivity index (χ3v) is 3.89. The van der Waals surface area contributed by atoms with Gasteiger partial charge in [-0.3, -0.25) is 15.0 Å². The van der Waals surface area contributed by atoms with Gasteiger partial charge in [-0.15, -0.1) is 0 Å². The molecule has 1 atom stereocenters. The fourth-order valence-electron chi connectivity index (χ4n) is 2.70. The predicted molar refractivity (Wildman–Crippen MR) is 82.3 cm³/mol. The van der Waals surface area contributed by atoms with Crippen LogP contribution in [0.1, 0.15) is 25.3 Å². The molecule has 1 saturated heterocycles. The van der Waals surface area contributed by atoms with Crippen LogP contribution in [0.15, 0.2) is 18.2 Å². The van der Waals surface area contributed by atoms with Gasteiger partial charge >= 0.3 is 0 Å². The van der Waals surface area contributed by atoms with Gasteiger partial charge in [-0.25, -0.2) is 0 Å². The highest BCUT2D eigenvalue weighted by Crippen LogP contribution is 2.26. The number of likely N-dealkylation sites (tertiary alicyclic amines) is 1. The zero-order valence-corrected chi connectivity index (χ0v) is 12.4. The van der Waals surface area contributed by atoms with E-state index >= 15 is 0 Å². The van der Waals surface area contributed by atoms with Gasteiger partial charge in [0.25, 0.3) is 5.69 Å². The average molecular weight is 293 g/mol. The molecule has 0 aliphatic carbocycles. The Balaban J connectivity index is 2.13. The zero-order chi connectivity index (χ0) is 15.2. The summed E-state index contributed by atoms with van der Waals surface area (Å²) >= 11 is 0. The van der Waals surface area contributed by atoms with E-state index < -0.39 is 0 Å². The summed E-state index contributed by atoms with van der Waals surface area (Å²) in [7, 11) is 0. The van der Waals surface area contributed by atoms with E-state index in [9.17, 15) is 15.2 Å². The fraction of sp³-hybridized carbons (Fsp3) is 0.600. The van der Waals surface area contributed by atoms with Crippen molar-refractivity contribution in [2.75, 3.05) is 31.6 Å². The van der Waals surface area contributed by atoms with Crippen LogP contribution in [0, 0.1) is 16.0 Å². The first-order valence-electron chi connectivity index (χ1n) is 7.48. The minimum absolute atomic E-state index is 0.130. The van der Waals surface area contributed by atoms with Crippen LogP contribution in [-0.4, -0.2) is 41.2 Å². The molecule has 2 rings (SSSR count). The second-order valence-electron chi connectivity index (χ2n) is 5.60. The molecule has 1 aromatic carbocycles. The quantitative estimate of drug-likeness (QED) is 0.595. The Labute approximate surface area is 124 Å². The highest BCUT2D eigenvalue weighted by Gasteiger charge is 2.23. The van der Waals surface area contributed by atoms with Crippen molar-refractivity contribution in [2.24, 2.45) is 5.92 Å². The van der Waals surface area contributed by atoms with E-state index in [0.717, 1.165) is 43.7 Å².